The zero-order valence-electron chi connectivity index (χ0n) is 15.5. The summed E-state index contributed by atoms with van der Waals surface area (Å²) in [6, 6.07) is 6.48. The van der Waals surface area contributed by atoms with E-state index in [0.29, 0.717) is 5.56 Å². The van der Waals surface area contributed by atoms with Gasteiger partial charge in [-0.1, -0.05) is 0 Å². The molecule has 0 radical (unpaired) electrons. The van der Waals surface area contributed by atoms with Crippen LogP contribution in [0.5, 0.6) is 28.7 Å². The number of benzene rings is 2. The van der Waals surface area contributed by atoms with Crippen LogP contribution in [-0.4, -0.2) is 71.7 Å². The summed E-state index contributed by atoms with van der Waals surface area (Å²) in [6.45, 7) is -0.270. The molecule has 2 aliphatic heterocycles. The van der Waals surface area contributed by atoms with Crippen LogP contribution in [0.4, 0.5) is 0 Å². The monoisotopic (exact) mass is 421 g/mol. The van der Waals surface area contributed by atoms with Crippen LogP contribution in [0.15, 0.2) is 36.1 Å². The van der Waals surface area contributed by atoms with Crippen molar-refractivity contribution in [3.8, 4) is 28.7 Å². The first-order valence-corrected chi connectivity index (χ1v) is 9.07. The Bertz CT molecular complexity index is 988. The van der Waals surface area contributed by atoms with Crippen LogP contribution in [0.2, 0.25) is 0 Å². The Hall–Kier alpha value is -3.18. The van der Waals surface area contributed by atoms with Crippen LogP contribution < -0.4 is 0 Å². The minimum Gasteiger partial charge on any atom is -0.571 e. The summed E-state index contributed by atoms with van der Waals surface area (Å²) in [4.78, 5) is 0. The number of rotatable bonds is 3. The number of hydrogen-bond donors (Lipinski definition) is 7. The van der Waals surface area contributed by atoms with Crippen molar-refractivity contribution in [3.63, 3.8) is 0 Å². The smallest absolute Gasteiger partial charge is 0.270 e. The van der Waals surface area contributed by atoms with E-state index in [9.17, 15) is 35.7 Å². The van der Waals surface area contributed by atoms with E-state index in [1.165, 1.54) is 30.3 Å². The molecule has 2 aliphatic rings. The van der Waals surface area contributed by atoms with E-state index in [-0.39, 0.29) is 46.7 Å². The topological polar surface area (TPSA) is 173 Å². The van der Waals surface area contributed by atoms with Gasteiger partial charge in [0.25, 0.3) is 11.9 Å². The van der Waals surface area contributed by atoms with E-state index >= 15 is 0 Å². The van der Waals surface area contributed by atoms with Crippen LogP contribution in [0.3, 0.4) is 0 Å². The molecular weight excluding hydrogens is 400 g/mol. The van der Waals surface area contributed by atoms with E-state index in [1.54, 1.807) is 0 Å². The molecule has 0 spiro atoms. The van der Waals surface area contributed by atoms with Crippen molar-refractivity contribution in [3.05, 3.63) is 47.2 Å². The molecule has 0 bridgehead atoms. The molecule has 8 N–H and O–H groups in total. The zero-order valence-corrected chi connectivity index (χ0v) is 15.5. The van der Waals surface area contributed by atoms with Crippen LogP contribution in [0.1, 0.15) is 17.2 Å². The number of ether oxygens (including phenoxy) is 3. The minimum absolute atomic E-state index is 0.0984. The summed E-state index contributed by atoms with van der Waals surface area (Å²) in [5, 5.41) is 69.1. The van der Waals surface area contributed by atoms with Crippen molar-refractivity contribution in [1.29, 1.82) is 0 Å². The summed E-state index contributed by atoms with van der Waals surface area (Å²) in [7, 11) is 0. The Balaban J connectivity index is 1.73. The van der Waals surface area contributed by atoms with E-state index in [1.807, 2.05) is 0 Å². The Morgan fingerprint density at radius 2 is 1.67 bits per heavy atom. The summed E-state index contributed by atoms with van der Waals surface area (Å²) in [6.07, 6.45) is -5.12. The van der Waals surface area contributed by atoms with Gasteiger partial charge < -0.3 is 50.0 Å². The quantitative estimate of drug-likeness (QED) is 0.272. The fourth-order valence-electron chi connectivity index (χ4n) is 3.35. The van der Waals surface area contributed by atoms with Gasteiger partial charge in [-0.25, -0.2) is 0 Å². The largest absolute Gasteiger partial charge is 0.571 e. The van der Waals surface area contributed by atoms with Crippen LogP contribution in [-0.2, 0) is 9.47 Å². The summed E-state index contributed by atoms with van der Waals surface area (Å²) >= 11 is 0. The highest BCUT2D eigenvalue weighted by Crippen LogP contribution is 2.46. The molecule has 0 aliphatic carbocycles. The second kappa shape index (κ2) is 7.58. The number of fused-ring (bicyclic) bond motifs is 1. The third kappa shape index (κ3) is 3.57. The Morgan fingerprint density at radius 3 is 2.40 bits per heavy atom. The average molecular weight is 421 g/mol. The maximum atomic E-state index is 10.2. The molecule has 10 nitrogen and oxygen atoms in total. The van der Waals surface area contributed by atoms with Gasteiger partial charge in [0, 0.05) is 12.1 Å². The van der Waals surface area contributed by atoms with E-state index in [2.05, 4.69) is 4.74 Å². The standard InChI is InChI=1S/C20H20O10/c21-9-4-12(23)10-6-16(30-20-18(27)17(26)14(25)7-28-20)19(29-15(10)5-9)8-1-2-11(22)13(24)3-8/h1-6,14,17-27H,7H2/p+1. The molecule has 5 unspecified atom stereocenters. The lowest BCUT2D eigenvalue weighted by atomic mass is 10.0. The SMILES string of the molecule is Oc1cc(O)c2c(c1)[OH+]C(c1ccc(O)c(O)c1)C(OC1OCC(O)C(O)C1O)=C2. The number of aliphatic hydroxyl groups is 4. The maximum absolute atomic E-state index is 10.2. The lowest BCUT2D eigenvalue weighted by Gasteiger charge is -2.36. The highest BCUT2D eigenvalue weighted by Gasteiger charge is 2.42. The molecule has 4 rings (SSSR count). The van der Waals surface area contributed by atoms with Gasteiger partial charge in [-0.3, -0.25) is 0 Å². The first-order chi connectivity index (χ1) is 14.2. The maximum Gasteiger partial charge on any atom is 0.270 e. The third-order valence-corrected chi connectivity index (χ3v) is 4.97. The average Bonchev–Trinajstić information content (AvgIpc) is 2.70. The highest BCUT2D eigenvalue weighted by molar-refractivity contribution is 5.69. The van der Waals surface area contributed by atoms with Gasteiger partial charge >= 0.3 is 0 Å². The Kier molecular flexibility index (Phi) is 5.08. The number of aliphatic hydroxyl groups excluding tert-OH is 3. The number of phenols is 4. The summed E-state index contributed by atoms with van der Waals surface area (Å²) < 4.78 is 15.5. The van der Waals surface area contributed by atoms with Crippen LogP contribution in [0.25, 0.3) is 6.08 Å². The van der Waals surface area contributed by atoms with Gasteiger partial charge in [-0.2, -0.15) is 0 Å². The van der Waals surface area contributed by atoms with E-state index in [4.69, 9.17) is 9.47 Å². The molecule has 2 heterocycles. The molecule has 1 fully saturated rings. The molecule has 30 heavy (non-hydrogen) atoms. The van der Waals surface area contributed by atoms with Gasteiger partial charge in [-0.05, 0) is 18.2 Å². The molecule has 160 valence electrons. The van der Waals surface area contributed by atoms with Crippen molar-refractivity contribution < 1.29 is 50.0 Å². The predicted octanol–water partition coefficient (Wildman–Crippen LogP) is 0.302. The molecule has 0 amide bonds. The molecule has 2 aromatic carbocycles. The second-order valence-electron chi connectivity index (χ2n) is 7.09. The van der Waals surface area contributed by atoms with Crippen molar-refractivity contribution in [2.75, 3.05) is 6.61 Å². The first-order valence-electron chi connectivity index (χ1n) is 9.07. The summed E-state index contributed by atoms with van der Waals surface area (Å²) in [5.74, 6) is -0.844. The number of phenolic OH excluding ortho intramolecular Hbond substituents is 4. The van der Waals surface area contributed by atoms with Crippen molar-refractivity contribution in [2.45, 2.75) is 30.7 Å². The molecule has 0 aromatic heterocycles. The first kappa shape index (κ1) is 20.1. The van der Waals surface area contributed by atoms with Crippen LogP contribution >= 0.6 is 0 Å². The summed E-state index contributed by atoms with van der Waals surface area (Å²) in [5.41, 5.74) is 0.642. The van der Waals surface area contributed by atoms with Crippen molar-refractivity contribution in [1.82, 2.24) is 0 Å². The number of aromatic hydroxyl groups is 5. The van der Waals surface area contributed by atoms with Crippen molar-refractivity contribution in [2.24, 2.45) is 0 Å². The lowest BCUT2D eigenvalue weighted by molar-refractivity contribution is -0.263. The fraction of sp³-hybridized carbons (Fsp3) is 0.300. The molecule has 0 saturated carbocycles. The van der Waals surface area contributed by atoms with Crippen molar-refractivity contribution >= 4 is 6.08 Å². The Morgan fingerprint density at radius 1 is 0.900 bits per heavy atom. The normalized spacial score (nSPS) is 28.2. The highest BCUT2D eigenvalue weighted by atomic mass is 16.7. The van der Waals surface area contributed by atoms with Gasteiger partial charge in [0.05, 0.1) is 18.2 Å². The second-order valence-corrected chi connectivity index (χ2v) is 7.09. The van der Waals surface area contributed by atoms with Gasteiger partial charge in [0.2, 0.25) is 6.29 Å². The molecule has 10 heteroatoms. The van der Waals surface area contributed by atoms with Gasteiger partial charge in [0.1, 0.15) is 35.4 Å². The van der Waals surface area contributed by atoms with Gasteiger partial charge in [-0.15, -0.1) is 0 Å². The zero-order chi connectivity index (χ0) is 21.6. The molecule has 1 saturated heterocycles. The molecule has 5 atom stereocenters. The van der Waals surface area contributed by atoms with E-state index in [0.717, 1.165) is 6.07 Å². The number of hydrogen-bond acceptors (Lipinski definition) is 9. The molecular formula is C20H21O10+. The molecule has 2 aromatic rings. The van der Waals surface area contributed by atoms with E-state index < -0.39 is 30.7 Å². The predicted molar refractivity (Wildman–Crippen MR) is 101 cm³/mol. The lowest BCUT2D eigenvalue weighted by Crippen LogP contribution is -2.53. The Labute approximate surface area is 170 Å². The minimum atomic E-state index is -1.56. The van der Waals surface area contributed by atoms with Gasteiger partial charge in [0.15, 0.2) is 17.3 Å². The third-order valence-electron chi connectivity index (χ3n) is 4.97. The van der Waals surface area contributed by atoms with Crippen LogP contribution in [0, 0.1) is 0 Å². The fourth-order valence-corrected chi connectivity index (χ4v) is 3.35.